The maximum Gasteiger partial charge on any atom is 0.495 e. The molecule has 0 spiro atoms. The molecule has 1 aliphatic heterocycles. The molecular weight excluding hydrogens is 268 g/mol. The van der Waals surface area contributed by atoms with Crippen LogP contribution in [0.5, 0.6) is 0 Å². The Labute approximate surface area is 125 Å². The Morgan fingerprint density at radius 1 is 1.15 bits per heavy atom. The lowest BCUT2D eigenvalue weighted by atomic mass is 9.75. The largest absolute Gasteiger partial charge is 0.495 e. The van der Waals surface area contributed by atoms with Gasteiger partial charge in [0.15, 0.2) is 0 Å². The molecule has 6 heteroatoms. The van der Waals surface area contributed by atoms with Crippen LogP contribution in [0.2, 0.25) is 0 Å². The average molecular weight is 292 g/mol. The number of alkyl halides is 3. The Bertz CT molecular complexity index is 730. The lowest BCUT2D eigenvalue weighted by Gasteiger charge is -2.32. The first-order valence-electron chi connectivity index (χ1n) is 8.99. The van der Waals surface area contributed by atoms with Crippen LogP contribution < -0.4 is 5.46 Å². The van der Waals surface area contributed by atoms with Crippen LogP contribution in [0.4, 0.5) is 13.2 Å². The molecule has 110 valence electrons. The van der Waals surface area contributed by atoms with Crippen molar-refractivity contribution in [2.75, 3.05) is 0 Å². The predicted molar refractivity (Wildman–Crippen MR) is 71.9 cm³/mol. The third-order valence-electron chi connectivity index (χ3n) is 3.61. The first-order valence-corrected chi connectivity index (χ1v) is 5.99. The van der Waals surface area contributed by atoms with Gasteiger partial charge in [-0.05, 0) is 46.1 Å². The second-order valence-corrected chi connectivity index (χ2v) is 5.62. The normalized spacial score (nSPS) is 26.2. The summed E-state index contributed by atoms with van der Waals surface area (Å²) < 4.78 is 97.8. The summed E-state index contributed by atoms with van der Waals surface area (Å²) in [4.78, 5) is 0. The molecule has 0 amide bonds. The van der Waals surface area contributed by atoms with Crippen LogP contribution in [0.1, 0.15) is 47.0 Å². The molecule has 1 heterocycles. The maximum absolute atomic E-state index is 13.7. The fourth-order valence-corrected chi connectivity index (χ4v) is 1.78. The summed E-state index contributed by atoms with van der Waals surface area (Å²) in [5, 5.41) is 0. The molecule has 0 bridgehead atoms. The molecule has 0 atom stereocenters. The van der Waals surface area contributed by atoms with E-state index in [-0.39, 0.29) is 0 Å². The van der Waals surface area contributed by atoms with E-state index < -0.39 is 66.1 Å². The molecule has 20 heavy (non-hydrogen) atoms. The van der Waals surface area contributed by atoms with Crippen molar-refractivity contribution < 1.29 is 30.7 Å². The number of halogens is 3. The van der Waals surface area contributed by atoms with Crippen LogP contribution in [0.25, 0.3) is 0 Å². The molecule has 1 aromatic carbocycles. The molecule has 1 saturated heterocycles. The molecule has 0 unspecified atom stereocenters. The van der Waals surface area contributed by atoms with Crippen LogP contribution in [0, 0.1) is 6.85 Å². The van der Waals surface area contributed by atoms with Gasteiger partial charge in [0, 0.05) is 4.11 Å². The molecule has 2 rings (SSSR count). The molecule has 1 fully saturated rings. The summed E-state index contributed by atoms with van der Waals surface area (Å²) in [6, 6.07) is -3.30. The zero-order chi connectivity index (χ0) is 20.5. The second-order valence-electron chi connectivity index (χ2n) is 5.62. The van der Waals surface area contributed by atoms with Gasteiger partial charge in [-0.2, -0.15) is 13.2 Å². The number of hydrogen-bond donors (Lipinski definition) is 0. The van der Waals surface area contributed by atoms with Gasteiger partial charge in [-0.1, -0.05) is 17.6 Å². The maximum atomic E-state index is 13.7. The van der Waals surface area contributed by atoms with Crippen LogP contribution in [0.3, 0.4) is 0 Å². The van der Waals surface area contributed by atoms with Gasteiger partial charge in [-0.15, -0.1) is 0 Å². The van der Waals surface area contributed by atoms with Crippen LogP contribution >= 0.6 is 0 Å². The highest BCUT2D eigenvalue weighted by atomic mass is 19.4. The SMILES string of the molecule is [2H]c1c([2H])c(C([2H])([2H])[2H])c([2H])c(C(F)(F)F)c1B1OC(C)(C)C(C)(C)O1. The third-order valence-corrected chi connectivity index (χ3v) is 3.61. The molecule has 0 saturated carbocycles. The molecule has 2 nitrogen and oxygen atoms in total. The van der Waals surface area contributed by atoms with Crippen molar-refractivity contribution in [2.45, 2.75) is 51.9 Å². The minimum absolute atomic E-state index is 0.848. The average Bonchev–Trinajstić information content (AvgIpc) is 2.59. The van der Waals surface area contributed by atoms with E-state index >= 15 is 0 Å². The summed E-state index contributed by atoms with van der Waals surface area (Å²) in [6.45, 7) is 3.26. The molecular formula is C14H18BF3O2. The molecule has 1 aliphatic rings. The Morgan fingerprint density at radius 3 is 2.15 bits per heavy atom. The minimum Gasteiger partial charge on any atom is -0.399 e. The Hall–Kier alpha value is -1.01. The van der Waals surface area contributed by atoms with E-state index in [0.717, 1.165) is 0 Å². The van der Waals surface area contributed by atoms with E-state index in [1.165, 1.54) is 0 Å². The van der Waals surface area contributed by atoms with Crippen molar-refractivity contribution in [3.8, 4) is 0 Å². The van der Waals surface area contributed by atoms with Gasteiger partial charge >= 0.3 is 13.3 Å². The number of benzene rings is 1. The van der Waals surface area contributed by atoms with Crippen molar-refractivity contribution in [3.63, 3.8) is 0 Å². The second kappa shape index (κ2) is 4.50. The third kappa shape index (κ3) is 2.59. The fourth-order valence-electron chi connectivity index (χ4n) is 1.78. The van der Waals surface area contributed by atoms with E-state index in [4.69, 9.17) is 17.5 Å². The van der Waals surface area contributed by atoms with Gasteiger partial charge in [0.05, 0.1) is 20.9 Å². The van der Waals surface area contributed by atoms with Crippen LogP contribution in [-0.2, 0) is 15.5 Å². The topological polar surface area (TPSA) is 18.5 Å². The van der Waals surface area contributed by atoms with E-state index in [1.807, 2.05) is 0 Å². The number of rotatable bonds is 1. The molecule has 0 aliphatic carbocycles. The lowest BCUT2D eigenvalue weighted by Crippen LogP contribution is -2.41. The zero-order valence-corrected chi connectivity index (χ0v) is 11.5. The minimum atomic E-state index is -5.13. The fraction of sp³-hybridized carbons (Fsp3) is 0.571. The summed E-state index contributed by atoms with van der Waals surface area (Å²) in [6.07, 6.45) is -5.13. The van der Waals surface area contributed by atoms with Crippen molar-refractivity contribution in [1.29, 1.82) is 0 Å². The summed E-state index contributed by atoms with van der Waals surface area (Å²) in [5.41, 5.74) is -5.61. The Balaban J connectivity index is 2.84. The zero-order valence-electron chi connectivity index (χ0n) is 17.5. The highest BCUT2D eigenvalue weighted by Crippen LogP contribution is 2.38. The van der Waals surface area contributed by atoms with Crippen LogP contribution in [0.15, 0.2) is 18.1 Å². The highest BCUT2D eigenvalue weighted by molar-refractivity contribution is 6.62. The van der Waals surface area contributed by atoms with Gasteiger partial charge in [-0.25, -0.2) is 0 Å². The van der Waals surface area contributed by atoms with Crippen LogP contribution in [-0.4, -0.2) is 18.3 Å². The first kappa shape index (κ1) is 9.10. The summed E-state index contributed by atoms with van der Waals surface area (Å²) >= 11 is 0. The van der Waals surface area contributed by atoms with Gasteiger partial charge in [-0.3, -0.25) is 0 Å². The van der Waals surface area contributed by atoms with E-state index in [0.29, 0.717) is 0 Å². The van der Waals surface area contributed by atoms with Crippen molar-refractivity contribution in [1.82, 2.24) is 0 Å². The molecule has 0 radical (unpaired) electrons. The Kier molecular flexibility index (Phi) is 2.05. The number of hydrogen-bond acceptors (Lipinski definition) is 2. The van der Waals surface area contributed by atoms with Crippen molar-refractivity contribution in [2.24, 2.45) is 0 Å². The molecule has 0 aromatic heterocycles. The standard InChI is InChI=1S/C14H18BF3O2/c1-9-6-7-11(10(8-9)14(16,17)18)15-19-12(2,3)13(4,5)20-15/h6-8H,1-5H3/i1D3,6D,7D,8D. The lowest BCUT2D eigenvalue weighted by molar-refractivity contribution is -0.136. The summed E-state index contributed by atoms with van der Waals surface area (Å²) in [5.74, 6) is 0. The molecule has 1 aromatic rings. The van der Waals surface area contributed by atoms with Gasteiger partial charge in [0.1, 0.15) is 0 Å². The monoisotopic (exact) mass is 292 g/mol. The first-order chi connectivity index (χ1) is 11.4. The van der Waals surface area contributed by atoms with Gasteiger partial charge in [0.25, 0.3) is 0 Å². The van der Waals surface area contributed by atoms with Gasteiger partial charge < -0.3 is 9.31 Å². The smallest absolute Gasteiger partial charge is 0.399 e. The van der Waals surface area contributed by atoms with E-state index in [9.17, 15) is 13.2 Å². The van der Waals surface area contributed by atoms with Crippen molar-refractivity contribution >= 4 is 12.6 Å². The highest BCUT2D eigenvalue weighted by Gasteiger charge is 2.53. The summed E-state index contributed by atoms with van der Waals surface area (Å²) in [7, 11) is -1.65. The quantitative estimate of drug-likeness (QED) is 0.739. The van der Waals surface area contributed by atoms with E-state index in [2.05, 4.69) is 0 Å². The van der Waals surface area contributed by atoms with Crippen molar-refractivity contribution in [3.05, 3.63) is 29.3 Å². The Morgan fingerprint density at radius 2 is 1.70 bits per heavy atom. The van der Waals surface area contributed by atoms with E-state index in [1.54, 1.807) is 27.7 Å². The van der Waals surface area contributed by atoms with Gasteiger partial charge in [0.2, 0.25) is 0 Å². The predicted octanol–water partition coefficient (Wildman–Crippen LogP) is 3.31. The molecule has 0 N–H and O–H groups in total.